The van der Waals surface area contributed by atoms with Crippen molar-refractivity contribution in [1.29, 1.82) is 0 Å². The number of hydrogen-bond acceptors (Lipinski definition) is 1. The summed E-state index contributed by atoms with van der Waals surface area (Å²) in [6.45, 7) is 5.99. The number of nitrogens with one attached hydrogen (secondary N) is 1. The fourth-order valence-electron chi connectivity index (χ4n) is 2.80. The van der Waals surface area contributed by atoms with E-state index in [1.54, 1.807) is 0 Å². The van der Waals surface area contributed by atoms with Gasteiger partial charge in [0.2, 0.25) is 0 Å². The summed E-state index contributed by atoms with van der Waals surface area (Å²) in [5.41, 5.74) is 5.45. The van der Waals surface area contributed by atoms with Crippen LogP contribution in [0.15, 0.2) is 54.6 Å². The summed E-state index contributed by atoms with van der Waals surface area (Å²) in [7, 11) is 0. The van der Waals surface area contributed by atoms with Crippen molar-refractivity contribution in [3.63, 3.8) is 0 Å². The Hall–Kier alpha value is -2.52. The van der Waals surface area contributed by atoms with Crippen LogP contribution in [0.25, 0.3) is 5.69 Å². The number of carbonyl (C=O) groups excluding carboxylic acids is 1. The summed E-state index contributed by atoms with van der Waals surface area (Å²) in [4.78, 5) is 12.6. The monoisotopic (exact) mass is 338 g/mol. The van der Waals surface area contributed by atoms with Crippen LogP contribution in [0.2, 0.25) is 5.02 Å². The number of hydrogen-bond donors (Lipinski definition) is 1. The van der Waals surface area contributed by atoms with E-state index in [9.17, 15) is 4.79 Å². The first kappa shape index (κ1) is 16.3. The summed E-state index contributed by atoms with van der Waals surface area (Å²) in [5, 5.41) is 3.58. The molecule has 3 rings (SSSR count). The van der Waals surface area contributed by atoms with Gasteiger partial charge in [-0.2, -0.15) is 0 Å². The zero-order valence-electron chi connectivity index (χ0n) is 13.9. The van der Waals surface area contributed by atoms with Crippen molar-refractivity contribution in [2.75, 3.05) is 5.32 Å². The highest BCUT2D eigenvalue weighted by molar-refractivity contribution is 6.31. The van der Waals surface area contributed by atoms with Crippen LogP contribution in [0.5, 0.6) is 0 Å². The number of aromatic nitrogens is 1. The highest BCUT2D eigenvalue weighted by Crippen LogP contribution is 2.24. The molecule has 0 aliphatic carbocycles. The third-order valence-corrected chi connectivity index (χ3v) is 4.56. The second-order valence-electron chi connectivity index (χ2n) is 5.87. The number of rotatable bonds is 3. The highest BCUT2D eigenvalue weighted by atomic mass is 35.5. The molecule has 1 N–H and O–H groups in total. The first-order valence-electron chi connectivity index (χ1n) is 7.79. The molecule has 0 bridgehead atoms. The molecule has 0 spiro atoms. The Morgan fingerprint density at radius 1 is 0.958 bits per heavy atom. The van der Waals surface area contributed by atoms with Crippen LogP contribution >= 0.6 is 11.6 Å². The van der Waals surface area contributed by atoms with Crippen molar-refractivity contribution in [3.05, 3.63) is 82.1 Å². The van der Waals surface area contributed by atoms with Gasteiger partial charge in [0.1, 0.15) is 0 Å². The summed E-state index contributed by atoms with van der Waals surface area (Å²) in [5.74, 6) is -0.148. The van der Waals surface area contributed by atoms with Crippen LogP contribution in [0, 0.1) is 20.8 Å². The summed E-state index contributed by atoms with van der Waals surface area (Å²) < 4.78 is 2.13. The normalized spacial score (nSPS) is 10.7. The van der Waals surface area contributed by atoms with E-state index in [0.29, 0.717) is 10.6 Å². The first-order valence-corrected chi connectivity index (χ1v) is 8.17. The SMILES string of the molecule is Cc1c(Cl)cccc1NC(=O)c1cccc(-n2c(C)ccc2C)c1. The van der Waals surface area contributed by atoms with Gasteiger partial charge in [-0.25, -0.2) is 0 Å². The number of anilines is 1. The molecule has 122 valence electrons. The minimum Gasteiger partial charge on any atom is -0.322 e. The molecule has 0 saturated heterocycles. The molecule has 3 aromatic rings. The Bertz CT molecular complexity index is 892. The Morgan fingerprint density at radius 2 is 1.62 bits per heavy atom. The predicted octanol–water partition coefficient (Wildman–Crippen LogP) is 5.31. The lowest BCUT2D eigenvalue weighted by Crippen LogP contribution is -2.13. The van der Waals surface area contributed by atoms with E-state index in [-0.39, 0.29) is 5.91 Å². The lowest BCUT2D eigenvalue weighted by molar-refractivity contribution is 0.102. The fourth-order valence-corrected chi connectivity index (χ4v) is 2.97. The van der Waals surface area contributed by atoms with E-state index in [1.165, 1.54) is 0 Å². The molecular formula is C20H19ClN2O. The Morgan fingerprint density at radius 3 is 2.33 bits per heavy atom. The number of amides is 1. The highest BCUT2D eigenvalue weighted by Gasteiger charge is 2.11. The average Bonchev–Trinajstić information content (AvgIpc) is 2.90. The number of nitrogens with zero attached hydrogens (tertiary/aromatic N) is 1. The number of carbonyl (C=O) groups is 1. The average molecular weight is 339 g/mol. The third kappa shape index (κ3) is 3.08. The predicted molar refractivity (Wildman–Crippen MR) is 99.4 cm³/mol. The van der Waals surface area contributed by atoms with E-state index in [1.807, 2.05) is 49.4 Å². The Labute approximate surface area is 146 Å². The molecule has 0 fully saturated rings. The van der Waals surface area contributed by atoms with Crippen LogP contribution < -0.4 is 5.32 Å². The van der Waals surface area contributed by atoms with Crippen molar-refractivity contribution in [1.82, 2.24) is 4.57 Å². The first-order chi connectivity index (χ1) is 11.5. The Kier molecular flexibility index (Phi) is 4.45. The zero-order chi connectivity index (χ0) is 17.3. The maximum atomic E-state index is 12.6. The quantitative estimate of drug-likeness (QED) is 0.690. The van der Waals surface area contributed by atoms with Crippen molar-refractivity contribution < 1.29 is 4.79 Å². The van der Waals surface area contributed by atoms with Gasteiger partial charge < -0.3 is 9.88 Å². The van der Waals surface area contributed by atoms with Gasteiger partial charge in [0, 0.05) is 33.3 Å². The lowest BCUT2D eigenvalue weighted by Gasteiger charge is -2.12. The second kappa shape index (κ2) is 6.54. The van der Waals surface area contributed by atoms with Crippen LogP contribution in [-0.2, 0) is 0 Å². The smallest absolute Gasteiger partial charge is 0.255 e. The largest absolute Gasteiger partial charge is 0.322 e. The standard InChI is InChI=1S/C20H19ClN2O/c1-13-10-11-14(2)23(13)17-7-4-6-16(12-17)20(24)22-19-9-5-8-18(21)15(19)3/h4-12H,1-3H3,(H,22,24). The van der Waals surface area contributed by atoms with Gasteiger partial charge in [-0.3, -0.25) is 4.79 Å². The van der Waals surface area contributed by atoms with Crippen molar-refractivity contribution in [2.45, 2.75) is 20.8 Å². The van der Waals surface area contributed by atoms with Gasteiger partial charge in [0.25, 0.3) is 5.91 Å². The molecule has 1 aromatic heterocycles. The molecule has 0 unspecified atom stereocenters. The van der Waals surface area contributed by atoms with Crippen molar-refractivity contribution in [2.24, 2.45) is 0 Å². The van der Waals surface area contributed by atoms with E-state index in [4.69, 9.17) is 11.6 Å². The van der Waals surface area contributed by atoms with E-state index >= 15 is 0 Å². The second-order valence-corrected chi connectivity index (χ2v) is 6.28. The van der Waals surface area contributed by atoms with Gasteiger partial charge in [-0.1, -0.05) is 23.7 Å². The molecular weight excluding hydrogens is 320 g/mol. The molecule has 1 heterocycles. The van der Waals surface area contributed by atoms with Crippen molar-refractivity contribution >= 4 is 23.2 Å². The van der Waals surface area contributed by atoms with E-state index in [0.717, 1.165) is 28.3 Å². The molecule has 2 aromatic carbocycles. The zero-order valence-corrected chi connectivity index (χ0v) is 14.7. The number of aryl methyl sites for hydroxylation is 2. The van der Waals surface area contributed by atoms with Crippen LogP contribution in [0.4, 0.5) is 5.69 Å². The van der Waals surface area contributed by atoms with Crippen LogP contribution in [0.1, 0.15) is 27.3 Å². The maximum Gasteiger partial charge on any atom is 0.255 e. The number of halogens is 1. The third-order valence-electron chi connectivity index (χ3n) is 4.15. The van der Waals surface area contributed by atoms with Crippen molar-refractivity contribution in [3.8, 4) is 5.69 Å². The van der Waals surface area contributed by atoms with E-state index < -0.39 is 0 Å². The molecule has 0 aliphatic heterocycles. The van der Waals surface area contributed by atoms with Gasteiger partial charge in [-0.05, 0) is 68.8 Å². The molecule has 24 heavy (non-hydrogen) atoms. The summed E-state index contributed by atoms with van der Waals surface area (Å²) in [6, 6.07) is 17.2. The van der Waals surface area contributed by atoms with Gasteiger partial charge in [-0.15, -0.1) is 0 Å². The minimum absolute atomic E-state index is 0.148. The maximum absolute atomic E-state index is 12.6. The van der Waals surface area contributed by atoms with E-state index in [2.05, 4.69) is 35.9 Å². The molecule has 1 amide bonds. The van der Waals surface area contributed by atoms with Crippen LogP contribution in [0.3, 0.4) is 0 Å². The Balaban J connectivity index is 1.92. The molecule has 0 aliphatic rings. The number of benzene rings is 2. The summed E-state index contributed by atoms with van der Waals surface area (Å²) in [6.07, 6.45) is 0. The molecule has 0 saturated carbocycles. The van der Waals surface area contributed by atoms with Crippen LogP contribution in [-0.4, -0.2) is 10.5 Å². The molecule has 4 heteroatoms. The van der Waals surface area contributed by atoms with Gasteiger partial charge in [0.05, 0.1) is 0 Å². The fraction of sp³-hybridized carbons (Fsp3) is 0.150. The van der Waals surface area contributed by atoms with Gasteiger partial charge in [0.15, 0.2) is 0 Å². The molecule has 0 atom stereocenters. The van der Waals surface area contributed by atoms with Gasteiger partial charge >= 0.3 is 0 Å². The summed E-state index contributed by atoms with van der Waals surface area (Å²) >= 11 is 6.12. The minimum atomic E-state index is -0.148. The molecule has 3 nitrogen and oxygen atoms in total. The lowest BCUT2D eigenvalue weighted by atomic mass is 10.1. The topological polar surface area (TPSA) is 34.0 Å². The molecule has 0 radical (unpaired) electrons.